The lowest BCUT2D eigenvalue weighted by Gasteiger charge is -1.83. The van der Waals surface area contributed by atoms with E-state index in [1.807, 2.05) is 0 Å². The normalized spacial score (nSPS) is 9.12. The summed E-state index contributed by atoms with van der Waals surface area (Å²) >= 11 is 0. The number of hydrogen-bond donors (Lipinski definition) is 0. The van der Waals surface area contributed by atoms with Crippen LogP contribution in [0.25, 0.3) is 0 Å². The predicted octanol–water partition coefficient (Wildman–Crippen LogP) is 1.97. The maximum atomic E-state index is 12.0. The molecule has 1 nitrogen and oxygen atoms in total. The molecule has 1 rings (SSSR count). The van der Waals surface area contributed by atoms with Gasteiger partial charge in [-0.1, -0.05) is 6.07 Å². The smallest absolute Gasteiger partial charge is 0.181 e. The maximum absolute atomic E-state index is 12.0. The van der Waals surface area contributed by atoms with Gasteiger partial charge in [0.15, 0.2) is 5.75 Å². The van der Waals surface area contributed by atoms with Gasteiger partial charge in [0, 0.05) is 6.07 Å². The molecule has 2 heteroatoms. The Morgan fingerprint density at radius 1 is 1.38 bits per heavy atom. The summed E-state index contributed by atoms with van der Waals surface area (Å²) in [6.45, 7) is 0. The minimum Gasteiger partial charge on any atom is -0.290 e. The van der Waals surface area contributed by atoms with Crippen LogP contribution in [-0.4, -0.2) is 0 Å². The second kappa shape index (κ2) is 1.82. The van der Waals surface area contributed by atoms with Crippen LogP contribution in [0.15, 0.2) is 24.3 Å². The van der Waals surface area contributed by atoms with Crippen molar-refractivity contribution in [2.75, 3.05) is 0 Å². The fourth-order valence-corrected chi connectivity index (χ4v) is 0.467. The van der Waals surface area contributed by atoms with Crippen LogP contribution in [0.5, 0.6) is 5.75 Å². The fourth-order valence-electron chi connectivity index (χ4n) is 0.467. The molecule has 0 amide bonds. The van der Waals surface area contributed by atoms with E-state index in [2.05, 4.69) is 0 Å². The lowest BCUT2D eigenvalue weighted by atomic mass is 10.3. The fraction of sp³-hybridized carbons (Fsp3) is 0. The third kappa shape index (κ3) is 0.964. The van der Waals surface area contributed by atoms with Crippen molar-refractivity contribution in [3.05, 3.63) is 30.1 Å². The van der Waals surface area contributed by atoms with Crippen molar-refractivity contribution in [2.45, 2.75) is 0 Å². The molecule has 1 aromatic rings. The minimum absolute atomic E-state index is 0.287. The van der Waals surface area contributed by atoms with Crippen LogP contribution < -0.4 is 0 Å². The van der Waals surface area contributed by atoms with Crippen LogP contribution >= 0.6 is 0 Å². The van der Waals surface area contributed by atoms with Gasteiger partial charge in [0.25, 0.3) is 0 Å². The molecular formula is C6H4FO. The van der Waals surface area contributed by atoms with Gasteiger partial charge in [-0.05, 0) is 12.1 Å². The summed E-state index contributed by atoms with van der Waals surface area (Å²) in [4.78, 5) is 0. The summed E-state index contributed by atoms with van der Waals surface area (Å²) in [5, 5.41) is 10.3. The Morgan fingerprint density at radius 3 is 2.50 bits per heavy atom. The van der Waals surface area contributed by atoms with Crippen molar-refractivity contribution in [1.82, 2.24) is 0 Å². The van der Waals surface area contributed by atoms with Crippen LogP contribution in [0.3, 0.4) is 0 Å². The van der Waals surface area contributed by atoms with Crippen molar-refractivity contribution in [3.63, 3.8) is 0 Å². The first kappa shape index (κ1) is 5.09. The molecule has 8 heavy (non-hydrogen) atoms. The van der Waals surface area contributed by atoms with Crippen LogP contribution in [0.1, 0.15) is 0 Å². The second-order valence-corrected chi connectivity index (χ2v) is 1.46. The molecule has 0 aliphatic carbocycles. The Bertz CT molecular complexity index is 168. The Kier molecular flexibility index (Phi) is 1.16. The van der Waals surface area contributed by atoms with Crippen molar-refractivity contribution < 1.29 is 9.50 Å². The van der Waals surface area contributed by atoms with Gasteiger partial charge in [0.05, 0.1) is 0 Å². The van der Waals surface area contributed by atoms with Crippen LogP contribution in [-0.2, 0) is 5.11 Å². The van der Waals surface area contributed by atoms with Gasteiger partial charge in [-0.2, -0.15) is 0 Å². The summed E-state index contributed by atoms with van der Waals surface area (Å²) in [6.07, 6.45) is 0. The van der Waals surface area contributed by atoms with E-state index in [4.69, 9.17) is 0 Å². The maximum Gasteiger partial charge on any atom is 0.181 e. The summed E-state index contributed by atoms with van der Waals surface area (Å²) in [7, 11) is 0. The van der Waals surface area contributed by atoms with Crippen LogP contribution in [0.2, 0.25) is 0 Å². The summed E-state index contributed by atoms with van der Waals surface area (Å²) < 4.78 is 12.0. The van der Waals surface area contributed by atoms with Gasteiger partial charge in [0.2, 0.25) is 0 Å². The Balaban J connectivity index is 3.08. The van der Waals surface area contributed by atoms with E-state index in [0.717, 1.165) is 6.07 Å². The molecule has 41 valence electrons. The zero-order valence-electron chi connectivity index (χ0n) is 4.10. The van der Waals surface area contributed by atoms with Gasteiger partial charge in [-0.3, -0.25) is 5.11 Å². The first-order chi connectivity index (χ1) is 3.79. The van der Waals surface area contributed by atoms with E-state index in [1.54, 1.807) is 0 Å². The zero-order chi connectivity index (χ0) is 5.98. The monoisotopic (exact) mass is 111 g/mol. The Morgan fingerprint density at radius 2 is 2.12 bits per heavy atom. The van der Waals surface area contributed by atoms with Crippen molar-refractivity contribution in [2.24, 2.45) is 0 Å². The Labute approximate surface area is 46.4 Å². The molecule has 0 aromatic heterocycles. The highest BCUT2D eigenvalue weighted by atomic mass is 19.1. The topological polar surface area (TPSA) is 19.9 Å². The van der Waals surface area contributed by atoms with Crippen molar-refractivity contribution in [1.29, 1.82) is 0 Å². The zero-order valence-corrected chi connectivity index (χ0v) is 4.10. The third-order valence-electron chi connectivity index (χ3n) is 0.796. The average molecular weight is 111 g/mol. The molecule has 0 aliphatic heterocycles. The van der Waals surface area contributed by atoms with Gasteiger partial charge in [-0.15, -0.1) is 0 Å². The molecular weight excluding hydrogens is 107 g/mol. The first-order valence-electron chi connectivity index (χ1n) is 2.21. The molecule has 0 N–H and O–H groups in total. The highest BCUT2D eigenvalue weighted by Crippen LogP contribution is 2.08. The summed E-state index contributed by atoms with van der Waals surface area (Å²) in [5.41, 5.74) is 0. The van der Waals surface area contributed by atoms with Crippen LogP contribution in [0, 0.1) is 5.82 Å². The minimum atomic E-state index is -0.475. The predicted molar refractivity (Wildman–Crippen MR) is 26.5 cm³/mol. The highest BCUT2D eigenvalue weighted by molar-refractivity contribution is 5.19. The standard InChI is InChI=1S/C6H4FO/c7-5-2-1-3-6(8)4-5/h1-4H. The van der Waals surface area contributed by atoms with Gasteiger partial charge >= 0.3 is 0 Å². The average Bonchev–Trinajstić information content (AvgIpc) is 1.64. The van der Waals surface area contributed by atoms with Gasteiger partial charge in [-0.25, -0.2) is 4.39 Å². The number of halogens is 1. The summed E-state index contributed by atoms with van der Waals surface area (Å²) in [6, 6.07) is 4.88. The highest BCUT2D eigenvalue weighted by Gasteiger charge is 1.89. The molecule has 0 unspecified atom stereocenters. The quantitative estimate of drug-likeness (QED) is 0.487. The second-order valence-electron chi connectivity index (χ2n) is 1.46. The van der Waals surface area contributed by atoms with Gasteiger partial charge < -0.3 is 0 Å². The third-order valence-corrected chi connectivity index (χ3v) is 0.796. The molecule has 0 fully saturated rings. The molecule has 0 atom stereocenters. The summed E-state index contributed by atoms with van der Waals surface area (Å²) in [5.74, 6) is -0.762. The van der Waals surface area contributed by atoms with E-state index in [0.29, 0.717) is 0 Å². The lowest BCUT2D eigenvalue weighted by molar-refractivity contribution is 0.352. The SMILES string of the molecule is [O]c1cccc(F)c1. The molecule has 1 radical (unpaired) electrons. The largest absolute Gasteiger partial charge is 0.290 e. The first-order valence-corrected chi connectivity index (χ1v) is 2.21. The van der Waals surface area contributed by atoms with E-state index in [-0.39, 0.29) is 5.75 Å². The van der Waals surface area contributed by atoms with E-state index in [9.17, 15) is 9.50 Å². The van der Waals surface area contributed by atoms with E-state index < -0.39 is 5.82 Å². The Hall–Kier alpha value is -1.05. The molecule has 0 aliphatic rings. The number of benzene rings is 1. The lowest BCUT2D eigenvalue weighted by Crippen LogP contribution is -1.67. The van der Waals surface area contributed by atoms with Crippen molar-refractivity contribution in [3.8, 4) is 5.75 Å². The van der Waals surface area contributed by atoms with E-state index in [1.165, 1.54) is 18.2 Å². The number of hydrogen-bond acceptors (Lipinski definition) is 0. The molecule has 0 heterocycles. The van der Waals surface area contributed by atoms with Gasteiger partial charge in [0.1, 0.15) is 5.82 Å². The van der Waals surface area contributed by atoms with E-state index >= 15 is 0 Å². The molecule has 0 spiro atoms. The molecule has 0 saturated heterocycles. The van der Waals surface area contributed by atoms with Crippen molar-refractivity contribution >= 4 is 0 Å². The molecule has 0 bridgehead atoms. The molecule has 0 saturated carbocycles. The van der Waals surface area contributed by atoms with Crippen LogP contribution in [0.4, 0.5) is 4.39 Å². The molecule has 1 aromatic carbocycles. The number of rotatable bonds is 0.